The molecule has 2 aromatic rings. The lowest BCUT2D eigenvalue weighted by Gasteiger charge is -2.17. The van der Waals surface area contributed by atoms with Gasteiger partial charge in [-0.25, -0.2) is 0 Å². The van der Waals surface area contributed by atoms with Crippen LogP contribution in [0.5, 0.6) is 11.5 Å². The van der Waals surface area contributed by atoms with Crippen LogP contribution in [-0.4, -0.2) is 34.4 Å². The SMILES string of the molecule is Cc1cccc(B(O)Oc2c(C)cccc2B(O)O)c1O. The summed E-state index contributed by atoms with van der Waals surface area (Å²) in [5, 5.41) is 38.8. The molecule has 0 fully saturated rings. The number of aromatic hydroxyl groups is 1. The van der Waals surface area contributed by atoms with Gasteiger partial charge in [0, 0.05) is 10.9 Å². The summed E-state index contributed by atoms with van der Waals surface area (Å²) >= 11 is 0. The van der Waals surface area contributed by atoms with Crippen LogP contribution in [-0.2, 0) is 0 Å². The number of rotatable bonds is 4. The van der Waals surface area contributed by atoms with Crippen molar-refractivity contribution in [2.45, 2.75) is 13.8 Å². The number of phenolic OH excluding ortho intramolecular Hbond substituents is 1. The van der Waals surface area contributed by atoms with Gasteiger partial charge in [0.2, 0.25) is 0 Å². The van der Waals surface area contributed by atoms with E-state index in [0.717, 1.165) is 0 Å². The van der Waals surface area contributed by atoms with Crippen LogP contribution in [0, 0.1) is 13.8 Å². The van der Waals surface area contributed by atoms with E-state index < -0.39 is 14.2 Å². The van der Waals surface area contributed by atoms with Crippen molar-refractivity contribution >= 4 is 25.2 Å². The summed E-state index contributed by atoms with van der Waals surface area (Å²) in [6, 6.07) is 9.83. The minimum Gasteiger partial charge on any atom is -0.532 e. The lowest BCUT2D eigenvalue weighted by Crippen LogP contribution is -2.41. The number of hydrogen-bond acceptors (Lipinski definition) is 5. The summed E-state index contributed by atoms with van der Waals surface area (Å²) in [5.74, 6) is 0.130. The maximum absolute atomic E-state index is 10.2. The highest BCUT2D eigenvalue weighted by Crippen LogP contribution is 2.18. The van der Waals surface area contributed by atoms with E-state index in [9.17, 15) is 20.2 Å². The van der Waals surface area contributed by atoms with E-state index in [1.54, 1.807) is 44.2 Å². The Bertz CT molecular complexity index is 645. The Balaban J connectivity index is 2.36. The van der Waals surface area contributed by atoms with Crippen molar-refractivity contribution in [3.05, 3.63) is 47.5 Å². The van der Waals surface area contributed by atoms with Gasteiger partial charge in [0.1, 0.15) is 11.5 Å². The van der Waals surface area contributed by atoms with Gasteiger partial charge in [-0.05, 0) is 25.0 Å². The predicted octanol–water partition coefficient (Wildman–Crippen LogP) is -0.545. The molecule has 0 aliphatic heterocycles. The molecule has 0 saturated carbocycles. The standard InChI is InChI=1S/C14H16B2O5/c1-9-5-3-7-11(13(9)17)16(20)21-14-10(2)6-4-8-12(14)15(18)19/h3-8,17-20H,1-2H3. The molecule has 5 nitrogen and oxygen atoms in total. The van der Waals surface area contributed by atoms with Crippen LogP contribution < -0.4 is 15.6 Å². The molecule has 0 aromatic heterocycles. The maximum Gasteiger partial charge on any atom is 0.563 e. The Morgan fingerprint density at radius 3 is 2.05 bits per heavy atom. The molecule has 7 heteroatoms. The van der Waals surface area contributed by atoms with Gasteiger partial charge in [0.25, 0.3) is 0 Å². The van der Waals surface area contributed by atoms with Crippen molar-refractivity contribution in [3.63, 3.8) is 0 Å². The van der Waals surface area contributed by atoms with Crippen LogP contribution >= 0.6 is 0 Å². The summed E-state index contributed by atoms with van der Waals surface area (Å²) < 4.78 is 5.44. The van der Waals surface area contributed by atoms with Crippen LogP contribution in [0.4, 0.5) is 0 Å². The molecule has 0 atom stereocenters. The molecule has 0 unspecified atom stereocenters. The van der Waals surface area contributed by atoms with E-state index in [1.165, 1.54) is 6.07 Å². The minimum atomic E-state index is -1.71. The maximum atomic E-state index is 10.2. The summed E-state index contributed by atoms with van der Waals surface area (Å²) in [4.78, 5) is 0. The van der Waals surface area contributed by atoms with Gasteiger partial charge in [-0.1, -0.05) is 36.4 Å². The summed E-state index contributed by atoms with van der Waals surface area (Å²) in [6.07, 6.45) is 0. The van der Waals surface area contributed by atoms with Gasteiger partial charge in [-0.2, -0.15) is 0 Å². The molecule has 2 rings (SSSR count). The molecule has 0 spiro atoms. The van der Waals surface area contributed by atoms with E-state index in [1.807, 2.05) is 0 Å². The van der Waals surface area contributed by atoms with E-state index in [4.69, 9.17) is 4.65 Å². The molecule has 0 saturated heterocycles. The van der Waals surface area contributed by atoms with Crippen LogP contribution in [0.25, 0.3) is 0 Å². The average molecular weight is 286 g/mol. The van der Waals surface area contributed by atoms with Crippen molar-refractivity contribution in [2.75, 3.05) is 0 Å². The molecular formula is C14H16B2O5. The van der Waals surface area contributed by atoms with E-state index in [-0.39, 0.29) is 22.4 Å². The van der Waals surface area contributed by atoms with Crippen molar-refractivity contribution < 1.29 is 24.8 Å². The summed E-state index contributed by atoms with van der Waals surface area (Å²) in [5.41, 5.74) is 1.63. The molecule has 21 heavy (non-hydrogen) atoms. The normalized spacial score (nSPS) is 10.3. The summed E-state index contributed by atoms with van der Waals surface area (Å²) in [6.45, 7) is 3.44. The third-order valence-electron chi connectivity index (χ3n) is 3.29. The van der Waals surface area contributed by atoms with Gasteiger partial charge in [-0.15, -0.1) is 0 Å². The Kier molecular flexibility index (Phi) is 4.57. The van der Waals surface area contributed by atoms with E-state index in [0.29, 0.717) is 11.1 Å². The minimum absolute atomic E-state index is 0.0512. The summed E-state index contributed by atoms with van der Waals surface area (Å²) in [7, 11) is -3.12. The van der Waals surface area contributed by atoms with Crippen molar-refractivity contribution in [2.24, 2.45) is 0 Å². The van der Waals surface area contributed by atoms with Crippen molar-refractivity contribution in [1.82, 2.24) is 0 Å². The number of hydrogen-bond donors (Lipinski definition) is 4. The zero-order valence-corrected chi connectivity index (χ0v) is 11.8. The number of para-hydroxylation sites is 2. The van der Waals surface area contributed by atoms with Gasteiger partial charge < -0.3 is 24.8 Å². The molecule has 0 amide bonds. The van der Waals surface area contributed by atoms with Crippen LogP contribution in [0.3, 0.4) is 0 Å². The van der Waals surface area contributed by atoms with Crippen LogP contribution in [0.2, 0.25) is 0 Å². The molecule has 0 aliphatic rings. The number of benzene rings is 2. The first-order valence-electron chi connectivity index (χ1n) is 6.50. The highest BCUT2D eigenvalue weighted by molar-refractivity contribution is 6.63. The lowest BCUT2D eigenvalue weighted by atomic mass is 9.75. The fourth-order valence-corrected chi connectivity index (χ4v) is 2.10. The molecular weight excluding hydrogens is 270 g/mol. The smallest absolute Gasteiger partial charge is 0.532 e. The van der Waals surface area contributed by atoms with Gasteiger partial charge in [0.15, 0.2) is 0 Å². The highest BCUT2D eigenvalue weighted by atomic mass is 16.5. The zero-order chi connectivity index (χ0) is 15.6. The zero-order valence-electron chi connectivity index (χ0n) is 11.8. The molecule has 0 bridgehead atoms. The van der Waals surface area contributed by atoms with Crippen molar-refractivity contribution in [3.8, 4) is 11.5 Å². The van der Waals surface area contributed by atoms with E-state index >= 15 is 0 Å². The topological polar surface area (TPSA) is 90.2 Å². The second-order valence-electron chi connectivity index (χ2n) is 4.85. The van der Waals surface area contributed by atoms with E-state index in [2.05, 4.69) is 0 Å². The number of aryl methyl sites for hydroxylation is 2. The molecule has 0 radical (unpaired) electrons. The first kappa shape index (κ1) is 15.4. The number of phenols is 1. The average Bonchev–Trinajstić information content (AvgIpc) is 2.43. The molecule has 2 aromatic carbocycles. The largest absolute Gasteiger partial charge is 0.563 e. The second kappa shape index (κ2) is 6.22. The second-order valence-corrected chi connectivity index (χ2v) is 4.85. The Labute approximate surface area is 123 Å². The Hall–Kier alpha value is -1.95. The molecule has 4 N–H and O–H groups in total. The molecule has 108 valence electrons. The molecule has 0 aliphatic carbocycles. The third-order valence-corrected chi connectivity index (χ3v) is 3.29. The van der Waals surface area contributed by atoms with Gasteiger partial charge in [-0.3, -0.25) is 0 Å². The quantitative estimate of drug-likeness (QED) is 0.566. The van der Waals surface area contributed by atoms with Crippen LogP contribution in [0.15, 0.2) is 36.4 Å². The Morgan fingerprint density at radius 1 is 0.857 bits per heavy atom. The first-order chi connectivity index (χ1) is 9.91. The van der Waals surface area contributed by atoms with Gasteiger partial charge in [0.05, 0.1) is 0 Å². The molecule has 0 heterocycles. The van der Waals surface area contributed by atoms with Gasteiger partial charge >= 0.3 is 14.2 Å². The first-order valence-corrected chi connectivity index (χ1v) is 6.50. The monoisotopic (exact) mass is 286 g/mol. The third kappa shape index (κ3) is 3.21. The van der Waals surface area contributed by atoms with Crippen molar-refractivity contribution in [1.29, 1.82) is 0 Å². The fourth-order valence-electron chi connectivity index (χ4n) is 2.10. The predicted molar refractivity (Wildman–Crippen MR) is 82.1 cm³/mol. The highest BCUT2D eigenvalue weighted by Gasteiger charge is 2.27. The fraction of sp³-hybridized carbons (Fsp3) is 0.143. The lowest BCUT2D eigenvalue weighted by molar-refractivity contribution is 0.413. The Morgan fingerprint density at radius 2 is 1.43 bits per heavy atom. The van der Waals surface area contributed by atoms with Crippen LogP contribution in [0.1, 0.15) is 11.1 Å².